The van der Waals surface area contributed by atoms with Gasteiger partial charge in [-0.1, -0.05) is 0 Å². The number of carbonyl (C=O) groups is 2. The minimum absolute atomic E-state index is 0.0951. The maximum absolute atomic E-state index is 10.9. The topological polar surface area (TPSA) is 56.5 Å². The van der Waals surface area contributed by atoms with Crippen LogP contribution in [0.4, 0.5) is 0 Å². The molecular formula is C9H10O4. The van der Waals surface area contributed by atoms with E-state index in [9.17, 15) is 9.59 Å². The first-order chi connectivity index (χ1) is 6.00. The summed E-state index contributed by atoms with van der Waals surface area (Å²) in [5.74, 6) is -0.361. The van der Waals surface area contributed by atoms with Crippen molar-refractivity contribution in [2.45, 2.75) is 20.8 Å². The van der Waals surface area contributed by atoms with Crippen molar-refractivity contribution in [3.63, 3.8) is 0 Å². The molecule has 0 radical (unpaired) electrons. The number of hydrogen-bond acceptors (Lipinski definition) is 4. The molecule has 0 atom stereocenters. The molecule has 4 nitrogen and oxygen atoms in total. The molecule has 0 aromatic carbocycles. The van der Waals surface area contributed by atoms with E-state index in [-0.39, 0.29) is 17.5 Å². The highest BCUT2D eigenvalue weighted by Gasteiger charge is 2.13. The SMILES string of the molecule is CC(=O)Oc1oc(C(C)=O)cc1C. The quantitative estimate of drug-likeness (QED) is 0.516. The maximum atomic E-state index is 10.9. The van der Waals surface area contributed by atoms with Gasteiger partial charge in [-0.05, 0) is 13.0 Å². The van der Waals surface area contributed by atoms with Crippen LogP contribution in [0.5, 0.6) is 5.95 Å². The van der Waals surface area contributed by atoms with E-state index in [0.717, 1.165) is 0 Å². The summed E-state index contributed by atoms with van der Waals surface area (Å²) in [6.45, 7) is 4.36. The van der Waals surface area contributed by atoms with E-state index >= 15 is 0 Å². The highest BCUT2D eigenvalue weighted by Crippen LogP contribution is 2.22. The molecule has 0 saturated carbocycles. The first-order valence-electron chi connectivity index (χ1n) is 3.80. The van der Waals surface area contributed by atoms with E-state index in [1.54, 1.807) is 13.0 Å². The largest absolute Gasteiger partial charge is 0.422 e. The number of esters is 1. The fraction of sp³-hybridized carbons (Fsp3) is 0.333. The van der Waals surface area contributed by atoms with Crippen LogP contribution in [-0.4, -0.2) is 11.8 Å². The van der Waals surface area contributed by atoms with E-state index < -0.39 is 5.97 Å². The summed E-state index contributed by atoms with van der Waals surface area (Å²) >= 11 is 0. The Morgan fingerprint density at radius 3 is 2.38 bits per heavy atom. The predicted molar refractivity (Wildman–Crippen MR) is 44.8 cm³/mol. The second-order valence-corrected chi connectivity index (χ2v) is 2.73. The van der Waals surface area contributed by atoms with Gasteiger partial charge in [0, 0.05) is 19.4 Å². The third-order valence-corrected chi connectivity index (χ3v) is 1.46. The molecule has 1 aromatic heterocycles. The molecule has 0 aliphatic carbocycles. The molecule has 1 aromatic rings. The minimum atomic E-state index is -0.465. The van der Waals surface area contributed by atoms with Crippen LogP contribution in [0, 0.1) is 6.92 Å². The van der Waals surface area contributed by atoms with Gasteiger partial charge in [0.25, 0.3) is 5.95 Å². The number of carbonyl (C=O) groups excluding carboxylic acids is 2. The summed E-state index contributed by atoms with van der Waals surface area (Å²) in [7, 11) is 0. The summed E-state index contributed by atoms with van der Waals surface area (Å²) in [5, 5.41) is 0. The van der Waals surface area contributed by atoms with Gasteiger partial charge < -0.3 is 9.15 Å². The Kier molecular flexibility index (Phi) is 2.51. The molecule has 70 valence electrons. The number of hydrogen-bond donors (Lipinski definition) is 0. The smallest absolute Gasteiger partial charge is 0.310 e. The fourth-order valence-electron chi connectivity index (χ4n) is 0.871. The lowest BCUT2D eigenvalue weighted by Crippen LogP contribution is -2.01. The van der Waals surface area contributed by atoms with E-state index in [2.05, 4.69) is 0 Å². The zero-order chi connectivity index (χ0) is 10.0. The van der Waals surface area contributed by atoms with Crippen LogP contribution in [0.25, 0.3) is 0 Å². The number of furan rings is 1. The van der Waals surface area contributed by atoms with E-state index in [0.29, 0.717) is 5.56 Å². The average Bonchev–Trinajstić information content (AvgIpc) is 2.31. The van der Waals surface area contributed by atoms with Gasteiger partial charge in [0.2, 0.25) is 0 Å². The molecule has 0 N–H and O–H groups in total. The molecule has 0 aliphatic rings. The van der Waals surface area contributed by atoms with Crippen molar-refractivity contribution in [1.82, 2.24) is 0 Å². The van der Waals surface area contributed by atoms with Crippen molar-refractivity contribution in [2.24, 2.45) is 0 Å². The third-order valence-electron chi connectivity index (χ3n) is 1.46. The van der Waals surface area contributed by atoms with E-state index in [4.69, 9.17) is 9.15 Å². The molecule has 0 aliphatic heterocycles. The zero-order valence-electron chi connectivity index (χ0n) is 7.71. The van der Waals surface area contributed by atoms with Gasteiger partial charge in [-0.3, -0.25) is 9.59 Å². The Bertz CT molecular complexity index is 348. The van der Waals surface area contributed by atoms with Crippen LogP contribution in [-0.2, 0) is 4.79 Å². The maximum Gasteiger partial charge on any atom is 0.310 e. The summed E-state index contributed by atoms with van der Waals surface area (Å²) in [4.78, 5) is 21.4. The molecule has 4 heteroatoms. The molecule has 0 fully saturated rings. The van der Waals surface area contributed by atoms with Gasteiger partial charge in [-0.15, -0.1) is 0 Å². The van der Waals surface area contributed by atoms with Gasteiger partial charge in [0.15, 0.2) is 11.5 Å². The van der Waals surface area contributed by atoms with Gasteiger partial charge in [0.1, 0.15) is 0 Å². The van der Waals surface area contributed by atoms with Crippen LogP contribution in [0.1, 0.15) is 30.0 Å². The lowest BCUT2D eigenvalue weighted by molar-refractivity contribution is -0.133. The summed E-state index contributed by atoms with van der Waals surface area (Å²) in [6, 6.07) is 1.54. The van der Waals surface area contributed by atoms with Crippen molar-refractivity contribution in [3.8, 4) is 5.95 Å². The molecule has 0 amide bonds. The molecule has 1 rings (SSSR count). The van der Waals surface area contributed by atoms with Crippen LogP contribution < -0.4 is 4.74 Å². The van der Waals surface area contributed by atoms with Crippen LogP contribution in [0.3, 0.4) is 0 Å². The Labute approximate surface area is 75.5 Å². The predicted octanol–water partition coefficient (Wildman–Crippen LogP) is 1.72. The van der Waals surface area contributed by atoms with Crippen LogP contribution >= 0.6 is 0 Å². The van der Waals surface area contributed by atoms with Gasteiger partial charge in [-0.2, -0.15) is 0 Å². The second-order valence-electron chi connectivity index (χ2n) is 2.73. The third kappa shape index (κ3) is 2.18. The molecule has 1 heterocycles. The second kappa shape index (κ2) is 3.43. The van der Waals surface area contributed by atoms with Crippen LogP contribution in [0.2, 0.25) is 0 Å². The van der Waals surface area contributed by atoms with Crippen LogP contribution in [0.15, 0.2) is 10.5 Å². The standard InChI is InChI=1S/C9H10O4/c1-5-4-8(6(2)10)13-9(5)12-7(3)11/h4H,1-3H3. The monoisotopic (exact) mass is 182 g/mol. The summed E-state index contributed by atoms with van der Waals surface area (Å²) in [5.41, 5.74) is 0.639. The van der Waals surface area contributed by atoms with E-state index in [1.807, 2.05) is 0 Å². The fourth-order valence-corrected chi connectivity index (χ4v) is 0.871. The molecule has 0 unspecified atom stereocenters. The van der Waals surface area contributed by atoms with Crippen molar-refractivity contribution >= 4 is 11.8 Å². The number of rotatable bonds is 2. The average molecular weight is 182 g/mol. The molecule has 0 saturated heterocycles. The molecule has 0 spiro atoms. The number of ketones is 1. The van der Waals surface area contributed by atoms with Crippen molar-refractivity contribution in [2.75, 3.05) is 0 Å². The van der Waals surface area contributed by atoms with Crippen molar-refractivity contribution < 1.29 is 18.7 Å². The Balaban J connectivity index is 2.96. The zero-order valence-corrected chi connectivity index (χ0v) is 7.71. The Morgan fingerprint density at radius 1 is 1.38 bits per heavy atom. The van der Waals surface area contributed by atoms with Gasteiger partial charge >= 0.3 is 5.97 Å². The lowest BCUT2D eigenvalue weighted by atomic mass is 10.3. The first-order valence-corrected chi connectivity index (χ1v) is 3.80. The molecule has 0 bridgehead atoms. The van der Waals surface area contributed by atoms with E-state index in [1.165, 1.54) is 13.8 Å². The lowest BCUT2D eigenvalue weighted by Gasteiger charge is -1.95. The van der Waals surface area contributed by atoms with Gasteiger partial charge in [-0.25, -0.2) is 0 Å². The Hall–Kier alpha value is -1.58. The first kappa shape index (κ1) is 9.51. The number of aryl methyl sites for hydroxylation is 1. The number of ether oxygens (including phenoxy) is 1. The summed E-state index contributed by atoms with van der Waals surface area (Å²) < 4.78 is 9.71. The summed E-state index contributed by atoms with van der Waals surface area (Å²) in [6.07, 6.45) is 0. The minimum Gasteiger partial charge on any atom is -0.422 e. The highest BCUT2D eigenvalue weighted by molar-refractivity contribution is 5.91. The Morgan fingerprint density at radius 2 is 2.00 bits per heavy atom. The normalized spacial score (nSPS) is 9.77. The van der Waals surface area contributed by atoms with Crippen molar-refractivity contribution in [3.05, 3.63) is 17.4 Å². The van der Waals surface area contributed by atoms with Crippen molar-refractivity contribution in [1.29, 1.82) is 0 Å². The van der Waals surface area contributed by atoms with Gasteiger partial charge in [0.05, 0.1) is 0 Å². The number of Topliss-reactive ketones (excluding diaryl/α,β-unsaturated/α-hetero) is 1. The highest BCUT2D eigenvalue weighted by atomic mass is 16.6. The molecule has 13 heavy (non-hydrogen) atoms. The molecular weight excluding hydrogens is 172 g/mol.